The molecule has 1 aromatic heterocycles. The highest BCUT2D eigenvalue weighted by Gasteiger charge is 2.25. The van der Waals surface area contributed by atoms with Crippen LogP contribution in [0, 0.1) is 5.92 Å². The Kier molecular flexibility index (Phi) is 3.33. The molecule has 0 amide bonds. The molecule has 1 unspecified atom stereocenters. The van der Waals surface area contributed by atoms with Gasteiger partial charge in [0.25, 0.3) is 0 Å². The number of carbonyl (C=O) groups is 1. The molecule has 88 valence electrons. The van der Waals surface area contributed by atoms with Gasteiger partial charge in [-0.15, -0.1) is 0 Å². The molecule has 1 aliphatic heterocycles. The summed E-state index contributed by atoms with van der Waals surface area (Å²) in [7, 11) is 0. The Morgan fingerprint density at radius 2 is 2.44 bits per heavy atom. The summed E-state index contributed by atoms with van der Waals surface area (Å²) in [5.41, 5.74) is 0. The number of aromatic nitrogens is 2. The zero-order valence-electron chi connectivity index (χ0n) is 9.72. The molecule has 1 saturated heterocycles. The first-order chi connectivity index (χ1) is 7.69. The predicted octanol–water partition coefficient (Wildman–Crippen LogP) is 1.15. The molecule has 1 aromatic rings. The molecule has 1 aliphatic rings. The van der Waals surface area contributed by atoms with Gasteiger partial charge in [-0.25, -0.2) is 0 Å². The van der Waals surface area contributed by atoms with E-state index in [1.807, 2.05) is 0 Å². The summed E-state index contributed by atoms with van der Waals surface area (Å²) < 4.78 is 5.00. The molecule has 2 heterocycles. The molecule has 0 radical (unpaired) electrons. The van der Waals surface area contributed by atoms with E-state index in [4.69, 9.17) is 4.52 Å². The minimum atomic E-state index is 0.147. The maximum absolute atomic E-state index is 10.4. The number of rotatable bonds is 4. The summed E-state index contributed by atoms with van der Waals surface area (Å²) >= 11 is 0. The van der Waals surface area contributed by atoms with Gasteiger partial charge < -0.3 is 9.42 Å². The smallest absolute Gasteiger partial charge is 0.235 e. The van der Waals surface area contributed by atoms with Crippen LogP contribution in [-0.4, -0.2) is 40.5 Å². The SMILES string of the molecule is CC(C)N1CCC(Cc2nc(C=O)no2)C1. The Bertz CT molecular complexity index is 362. The Balaban J connectivity index is 1.89. The lowest BCUT2D eigenvalue weighted by Gasteiger charge is -2.19. The van der Waals surface area contributed by atoms with Crippen molar-refractivity contribution in [2.24, 2.45) is 5.92 Å². The van der Waals surface area contributed by atoms with Gasteiger partial charge in [0.2, 0.25) is 11.7 Å². The van der Waals surface area contributed by atoms with Crippen molar-refractivity contribution in [1.29, 1.82) is 0 Å². The molecule has 1 fully saturated rings. The van der Waals surface area contributed by atoms with Crippen LogP contribution in [0.25, 0.3) is 0 Å². The Labute approximate surface area is 94.8 Å². The number of hydrogen-bond acceptors (Lipinski definition) is 5. The quantitative estimate of drug-likeness (QED) is 0.717. The molecule has 5 nitrogen and oxygen atoms in total. The van der Waals surface area contributed by atoms with Crippen LogP contribution in [0.15, 0.2) is 4.52 Å². The van der Waals surface area contributed by atoms with Crippen LogP contribution < -0.4 is 0 Å². The maximum Gasteiger partial charge on any atom is 0.235 e. The third kappa shape index (κ3) is 2.47. The first kappa shape index (κ1) is 11.3. The fraction of sp³-hybridized carbons (Fsp3) is 0.727. The van der Waals surface area contributed by atoms with Gasteiger partial charge in [0.15, 0.2) is 6.29 Å². The summed E-state index contributed by atoms with van der Waals surface area (Å²) in [6.45, 7) is 6.63. The van der Waals surface area contributed by atoms with Gasteiger partial charge in [0.05, 0.1) is 0 Å². The standard InChI is InChI=1S/C11H17N3O2/c1-8(2)14-4-3-9(6-14)5-11-12-10(7-15)13-16-11/h7-9H,3-6H2,1-2H3. The highest BCUT2D eigenvalue weighted by Crippen LogP contribution is 2.21. The Morgan fingerprint density at radius 3 is 3.00 bits per heavy atom. The molecule has 0 spiro atoms. The van der Waals surface area contributed by atoms with Crippen molar-refractivity contribution in [3.63, 3.8) is 0 Å². The number of likely N-dealkylation sites (tertiary alicyclic amines) is 1. The number of aldehydes is 1. The Hall–Kier alpha value is -1.23. The average Bonchev–Trinajstić information content (AvgIpc) is 2.87. The molecule has 0 bridgehead atoms. The lowest BCUT2D eigenvalue weighted by atomic mass is 10.1. The highest BCUT2D eigenvalue weighted by atomic mass is 16.5. The van der Waals surface area contributed by atoms with Gasteiger partial charge in [-0.2, -0.15) is 4.98 Å². The van der Waals surface area contributed by atoms with E-state index < -0.39 is 0 Å². The molecule has 0 saturated carbocycles. The van der Waals surface area contributed by atoms with Gasteiger partial charge in [0.1, 0.15) is 0 Å². The first-order valence-corrected chi connectivity index (χ1v) is 5.71. The summed E-state index contributed by atoms with van der Waals surface area (Å²) in [6, 6.07) is 0.596. The van der Waals surface area contributed by atoms with Crippen LogP contribution in [0.5, 0.6) is 0 Å². The van der Waals surface area contributed by atoms with Gasteiger partial charge in [-0.05, 0) is 32.7 Å². The lowest BCUT2D eigenvalue weighted by molar-refractivity contribution is 0.111. The summed E-state index contributed by atoms with van der Waals surface area (Å²) in [4.78, 5) is 16.8. The monoisotopic (exact) mass is 223 g/mol. The van der Waals surface area contributed by atoms with Gasteiger partial charge in [-0.1, -0.05) is 5.16 Å². The second kappa shape index (κ2) is 4.74. The van der Waals surface area contributed by atoms with Crippen molar-refractivity contribution in [2.45, 2.75) is 32.7 Å². The van der Waals surface area contributed by atoms with Crippen molar-refractivity contribution < 1.29 is 9.32 Å². The second-order valence-corrected chi connectivity index (χ2v) is 4.61. The van der Waals surface area contributed by atoms with E-state index >= 15 is 0 Å². The zero-order chi connectivity index (χ0) is 11.5. The van der Waals surface area contributed by atoms with Crippen LogP contribution in [-0.2, 0) is 6.42 Å². The van der Waals surface area contributed by atoms with Crippen molar-refractivity contribution in [1.82, 2.24) is 15.0 Å². The summed E-state index contributed by atoms with van der Waals surface area (Å²) in [6.07, 6.45) is 2.56. The van der Waals surface area contributed by atoms with Crippen LogP contribution in [0.2, 0.25) is 0 Å². The highest BCUT2D eigenvalue weighted by molar-refractivity contribution is 5.68. The molecule has 2 rings (SSSR count). The van der Waals surface area contributed by atoms with Crippen molar-refractivity contribution in [2.75, 3.05) is 13.1 Å². The molecule has 0 N–H and O–H groups in total. The van der Waals surface area contributed by atoms with E-state index in [1.54, 1.807) is 0 Å². The number of nitrogens with zero attached hydrogens (tertiary/aromatic N) is 3. The van der Waals surface area contributed by atoms with E-state index in [0.717, 1.165) is 25.9 Å². The van der Waals surface area contributed by atoms with Crippen LogP contribution >= 0.6 is 0 Å². The van der Waals surface area contributed by atoms with Crippen molar-refractivity contribution in [3.05, 3.63) is 11.7 Å². The fourth-order valence-electron chi connectivity index (χ4n) is 2.14. The van der Waals surface area contributed by atoms with Crippen LogP contribution in [0.1, 0.15) is 36.8 Å². The van der Waals surface area contributed by atoms with Gasteiger partial charge >= 0.3 is 0 Å². The predicted molar refractivity (Wildman–Crippen MR) is 58.2 cm³/mol. The maximum atomic E-state index is 10.4. The molecule has 0 aromatic carbocycles. The minimum Gasteiger partial charge on any atom is -0.339 e. The Morgan fingerprint density at radius 1 is 1.62 bits per heavy atom. The van der Waals surface area contributed by atoms with Crippen LogP contribution in [0.3, 0.4) is 0 Å². The first-order valence-electron chi connectivity index (χ1n) is 5.71. The fourth-order valence-corrected chi connectivity index (χ4v) is 2.14. The van der Waals surface area contributed by atoms with E-state index in [0.29, 0.717) is 24.1 Å². The lowest BCUT2D eigenvalue weighted by Crippen LogP contribution is -2.28. The molecule has 0 aliphatic carbocycles. The van der Waals surface area contributed by atoms with E-state index in [2.05, 4.69) is 28.9 Å². The summed E-state index contributed by atoms with van der Waals surface area (Å²) in [5.74, 6) is 1.30. The molecule has 5 heteroatoms. The topological polar surface area (TPSA) is 59.2 Å². The van der Waals surface area contributed by atoms with E-state index in [1.165, 1.54) is 0 Å². The zero-order valence-corrected chi connectivity index (χ0v) is 9.72. The second-order valence-electron chi connectivity index (χ2n) is 4.61. The summed E-state index contributed by atoms with van der Waals surface area (Å²) in [5, 5.41) is 3.56. The van der Waals surface area contributed by atoms with Gasteiger partial charge in [0, 0.05) is 19.0 Å². The molecular weight excluding hydrogens is 206 g/mol. The van der Waals surface area contributed by atoms with Crippen molar-refractivity contribution in [3.8, 4) is 0 Å². The number of hydrogen-bond donors (Lipinski definition) is 0. The minimum absolute atomic E-state index is 0.147. The number of carbonyl (C=O) groups excluding carboxylic acids is 1. The van der Waals surface area contributed by atoms with Crippen molar-refractivity contribution >= 4 is 6.29 Å². The molecular formula is C11H17N3O2. The average molecular weight is 223 g/mol. The van der Waals surface area contributed by atoms with Crippen LogP contribution in [0.4, 0.5) is 0 Å². The largest absolute Gasteiger partial charge is 0.339 e. The van der Waals surface area contributed by atoms with E-state index in [-0.39, 0.29) is 5.82 Å². The van der Waals surface area contributed by atoms with Gasteiger partial charge in [-0.3, -0.25) is 4.79 Å². The molecule has 1 atom stereocenters. The molecule has 16 heavy (non-hydrogen) atoms. The third-order valence-corrected chi connectivity index (χ3v) is 3.10. The normalized spacial score (nSPS) is 21.8. The third-order valence-electron chi connectivity index (χ3n) is 3.10. The van der Waals surface area contributed by atoms with E-state index in [9.17, 15) is 4.79 Å².